The van der Waals surface area contributed by atoms with E-state index in [-0.39, 0.29) is 17.7 Å². The Morgan fingerprint density at radius 3 is 2.62 bits per heavy atom. The molecule has 2 aromatic rings. The lowest BCUT2D eigenvalue weighted by Gasteiger charge is -2.47. The molecule has 1 unspecified atom stereocenters. The van der Waals surface area contributed by atoms with Gasteiger partial charge >= 0.3 is 0 Å². The fourth-order valence-corrected chi connectivity index (χ4v) is 5.35. The summed E-state index contributed by atoms with van der Waals surface area (Å²) in [5.41, 5.74) is 2.86. The van der Waals surface area contributed by atoms with E-state index in [9.17, 15) is 9.90 Å². The van der Waals surface area contributed by atoms with Crippen LogP contribution in [0.3, 0.4) is 0 Å². The van der Waals surface area contributed by atoms with Gasteiger partial charge in [0.15, 0.2) is 0 Å². The summed E-state index contributed by atoms with van der Waals surface area (Å²) < 4.78 is 0. The predicted molar refractivity (Wildman–Crippen MR) is 137 cm³/mol. The Hall–Kier alpha value is -2.67. The number of aromatic hydroxyl groups is 1. The summed E-state index contributed by atoms with van der Waals surface area (Å²) >= 11 is 0. The second-order valence-corrected chi connectivity index (χ2v) is 9.66. The SMILES string of the molecule is C=CCN1C[C@H](C)N(C(c2cccc(O)c2)c2cccc(C(=O)N3CCCNCC3)c2)C[C@H]1C. The van der Waals surface area contributed by atoms with Crippen LogP contribution in [0.4, 0.5) is 0 Å². The highest BCUT2D eigenvalue weighted by molar-refractivity contribution is 5.94. The quantitative estimate of drug-likeness (QED) is 0.644. The van der Waals surface area contributed by atoms with Crippen molar-refractivity contribution in [1.82, 2.24) is 20.0 Å². The maximum atomic E-state index is 13.4. The van der Waals surface area contributed by atoms with Crippen molar-refractivity contribution in [1.29, 1.82) is 0 Å². The van der Waals surface area contributed by atoms with Crippen LogP contribution < -0.4 is 5.32 Å². The first-order valence-electron chi connectivity index (χ1n) is 12.5. The lowest BCUT2D eigenvalue weighted by atomic mass is 9.92. The zero-order chi connectivity index (χ0) is 24.1. The van der Waals surface area contributed by atoms with E-state index in [4.69, 9.17) is 0 Å². The van der Waals surface area contributed by atoms with Crippen LogP contribution in [-0.2, 0) is 0 Å². The number of phenolic OH excluding ortho intramolecular Hbond substituents is 1. The number of nitrogens with zero attached hydrogens (tertiary/aromatic N) is 3. The minimum absolute atomic E-state index is 0.0472. The number of piperazine rings is 1. The number of phenols is 1. The van der Waals surface area contributed by atoms with Gasteiger partial charge < -0.3 is 15.3 Å². The van der Waals surface area contributed by atoms with Crippen LogP contribution in [0.1, 0.15) is 47.8 Å². The summed E-state index contributed by atoms with van der Waals surface area (Å²) in [6.45, 7) is 14.5. The average Bonchev–Trinajstić information content (AvgIpc) is 3.12. The summed E-state index contributed by atoms with van der Waals surface area (Å²) in [7, 11) is 0. The van der Waals surface area contributed by atoms with Crippen molar-refractivity contribution in [3.63, 3.8) is 0 Å². The first-order chi connectivity index (χ1) is 16.5. The van der Waals surface area contributed by atoms with Gasteiger partial charge in [-0.1, -0.05) is 30.3 Å². The van der Waals surface area contributed by atoms with E-state index in [0.717, 1.165) is 68.9 Å². The topological polar surface area (TPSA) is 59.1 Å². The molecule has 6 heteroatoms. The maximum absolute atomic E-state index is 13.4. The summed E-state index contributed by atoms with van der Waals surface area (Å²) in [5.74, 6) is 0.357. The van der Waals surface area contributed by atoms with Crippen molar-refractivity contribution < 1.29 is 9.90 Å². The molecule has 2 aliphatic rings. The van der Waals surface area contributed by atoms with E-state index < -0.39 is 0 Å². The minimum Gasteiger partial charge on any atom is -0.508 e. The third-order valence-corrected chi connectivity index (χ3v) is 7.12. The molecule has 4 rings (SSSR count). The van der Waals surface area contributed by atoms with Crippen molar-refractivity contribution in [2.75, 3.05) is 45.8 Å². The van der Waals surface area contributed by atoms with Crippen LogP contribution in [0.5, 0.6) is 5.75 Å². The number of benzene rings is 2. The molecule has 0 spiro atoms. The third kappa shape index (κ3) is 5.52. The van der Waals surface area contributed by atoms with Gasteiger partial charge in [-0.25, -0.2) is 0 Å². The lowest BCUT2D eigenvalue weighted by molar-refractivity contribution is 0.0306. The molecule has 0 saturated carbocycles. The highest BCUT2D eigenvalue weighted by Crippen LogP contribution is 2.35. The van der Waals surface area contributed by atoms with Crippen LogP contribution in [0, 0.1) is 0 Å². The molecule has 2 fully saturated rings. The van der Waals surface area contributed by atoms with E-state index >= 15 is 0 Å². The molecule has 0 radical (unpaired) electrons. The van der Waals surface area contributed by atoms with Crippen molar-refractivity contribution in [3.05, 3.63) is 77.9 Å². The van der Waals surface area contributed by atoms with Gasteiger partial charge in [0.25, 0.3) is 5.91 Å². The summed E-state index contributed by atoms with van der Waals surface area (Å²) in [6, 6.07) is 16.3. The molecule has 0 aliphatic carbocycles. The smallest absolute Gasteiger partial charge is 0.253 e. The van der Waals surface area contributed by atoms with Crippen LogP contribution >= 0.6 is 0 Å². The molecule has 2 N–H and O–H groups in total. The number of hydrogen-bond acceptors (Lipinski definition) is 5. The highest BCUT2D eigenvalue weighted by atomic mass is 16.3. The number of rotatable bonds is 6. The van der Waals surface area contributed by atoms with Crippen molar-refractivity contribution >= 4 is 5.91 Å². The van der Waals surface area contributed by atoms with Gasteiger partial charge in [0.05, 0.1) is 6.04 Å². The molecule has 0 bridgehead atoms. The van der Waals surface area contributed by atoms with E-state index in [1.165, 1.54) is 0 Å². The van der Waals surface area contributed by atoms with Gasteiger partial charge in [-0.15, -0.1) is 6.58 Å². The largest absolute Gasteiger partial charge is 0.508 e. The molecule has 182 valence electrons. The monoisotopic (exact) mass is 462 g/mol. The molecule has 0 aromatic heterocycles. The Balaban J connectivity index is 1.68. The van der Waals surface area contributed by atoms with Crippen molar-refractivity contribution in [2.45, 2.75) is 38.4 Å². The Bertz CT molecular complexity index is 986. The van der Waals surface area contributed by atoms with E-state index in [2.05, 4.69) is 53.7 Å². The molecule has 3 atom stereocenters. The molecule has 2 aliphatic heterocycles. The Kier molecular flexibility index (Phi) is 8.03. The number of carbonyl (C=O) groups is 1. The number of carbonyl (C=O) groups excluding carboxylic acids is 1. The average molecular weight is 463 g/mol. The lowest BCUT2D eigenvalue weighted by Crippen LogP contribution is -2.57. The van der Waals surface area contributed by atoms with Crippen molar-refractivity contribution in [2.24, 2.45) is 0 Å². The van der Waals surface area contributed by atoms with Gasteiger partial charge in [-0.2, -0.15) is 0 Å². The van der Waals surface area contributed by atoms with Crippen LogP contribution in [-0.4, -0.2) is 83.6 Å². The number of hydrogen-bond donors (Lipinski definition) is 2. The van der Waals surface area contributed by atoms with Gasteiger partial charge in [-0.05, 0) is 62.2 Å². The molecule has 2 heterocycles. The molecular weight excluding hydrogens is 424 g/mol. The molecule has 6 nitrogen and oxygen atoms in total. The first-order valence-corrected chi connectivity index (χ1v) is 12.5. The fourth-order valence-electron chi connectivity index (χ4n) is 5.35. The maximum Gasteiger partial charge on any atom is 0.253 e. The molecule has 1 amide bonds. The third-order valence-electron chi connectivity index (χ3n) is 7.12. The highest BCUT2D eigenvalue weighted by Gasteiger charge is 2.34. The number of nitrogens with one attached hydrogen (secondary N) is 1. The fraction of sp³-hybridized carbons (Fsp3) is 0.464. The summed E-state index contributed by atoms with van der Waals surface area (Å²) in [6.07, 6.45) is 2.95. The van der Waals surface area contributed by atoms with Crippen molar-refractivity contribution in [3.8, 4) is 5.75 Å². The number of amides is 1. The van der Waals surface area contributed by atoms with Crippen LogP contribution in [0.15, 0.2) is 61.2 Å². The van der Waals surface area contributed by atoms with E-state index in [1.807, 2.05) is 35.2 Å². The molecule has 2 saturated heterocycles. The Morgan fingerprint density at radius 2 is 1.85 bits per heavy atom. The van der Waals surface area contributed by atoms with Gasteiger partial charge in [-0.3, -0.25) is 14.6 Å². The Morgan fingerprint density at radius 1 is 1.09 bits per heavy atom. The normalized spacial score (nSPS) is 23.3. The minimum atomic E-state index is -0.0472. The first kappa shape index (κ1) is 24.5. The zero-order valence-corrected chi connectivity index (χ0v) is 20.5. The molecular formula is C28H38N4O2. The van der Waals surface area contributed by atoms with Gasteiger partial charge in [0.2, 0.25) is 0 Å². The predicted octanol–water partition coefficient (Wildman–Crippen LogP) is 3.50. The zero-order valence-electron chi connectivity index (χ0n) is 20.5. The summed E-state index contributed by atoms with van der Waals surface area (Å²) in [4.78, 5) is 20.3. The second-order valence-electron chi connectivity index (χ2n) is 9.66. The van der Waals surface area contributed by atoms with E-state index in [0.29, 0.717) is 12.1 Å². The van der Waals surface area contributed by atoms with Gasteiger partial charge in [0, 0.05) is 56.9 Å². The van der Waals surface area contributed by atoms with Crippen LogP contribution in [0.2, 0.25) is 0 Å². The molecule has 2 aromatic carbocycles. The Labute approximate surface area is 203 Å². The molecule has 34 heavy (non-hydrogen) atoms. The second kappa shape index (κ2) is 11.2. The van der Waals surface area contributed by atoms with E-state index in [1.54, 1.807) is 6.07 Å². The van der Waals surface area contributed by atoms with Crippen LogP contribution in [0.25, 0.3) is 0 Å². The standard InChI is InChI=1S/C28H38N4O2/c1-4-14-31-19-22(3)32(20-21(31)2)27(24-9-6-11-26(33)18-24)23-8-5-10-25(17-23)28(34)30-15-7-12-29-13-16-30/h4-6,8-11,17-18,21-22,27,29,33H,1,7,12-16,19-20H2,2-3H3/t21-,22+,27?/m1/s1. The van der Waals surface area contributed by atoms with Gasteiger partial charge in [0.1, 0.15) is 5.75 Å². The summed E-state index contributed by atoms with van der Waals surface area (Å²) in [5, 5.41) is 13.6.